The number of carbonyl (C=O) groups excluding carboxylic acids is 2. The molecule has 0 saturated carbocycles. The van der Waals surface area contributed by atoms with E-state index < -0.39 is 5.91 Å². The molecule has 3 N–H and O–H groups in total. The van der Waals surface area contributed by atoms with Gasteiger partial charge in [0.2, 0.25) is 17.7 Å². The molecule has 28 heavy (non-hydrogen) atoms. The first kappa shape index (κ1) is 19.1. The van der Waals surface area contributed by atoms with Gasteiger partial charge in [0, 0.05) is 11.6 Å². The average Bonchev–Trinajstić information content (AvgIpc) is 2.66. The Kier molecular flexibility index (Phi) is 5.69. The van der Waals surface area contributed by atoms with E-state index in [4.69, 9.17) is 10.5 Å². The van der Waals surface area contributed by atoms with Crippen LogP contribution in [0.4, 0.5) is 5.69 Å². The lowest BCUT2D eigenvalue weighted by atomic mass is 10.0. The van der Waals surface area contributed by atoms with Crippen molar-refractivity contribution in [1.82, 2.24) is 4.98 Å². The Hall–Kier alpha value is -3.67. The fraction of sp³-hybridized carbons (Fsp3) is 0.136. The van der Waals surface area contributed by atoms with Crippen LogP contribution in [0, 0.1) is 13.8 Å². The molecular weight excluding hydrogens is 354 g/mol. The van der Waals surface area contributed by atoms with Crippen molar-refractivity contribution in [3.8, 4) is 11.6 Å². The van der Waals surface area contributed by atoms with Gasteiger partial charge in [-0.3, -0.25) is 9.59 Å². The molecule has 0 radical (unpaired) electrons. The number of nitrogens with zero attached hydrogens (tertiary/aromatic N) is 1. The highest BCUT2D eigenvalue weighted by Crippen LogP contribution is 2.21. The van der Waals surface area contributed by atoms with E-state index in [2.05, 4.69) is 10.3 Å². The second kappa shape index (κ2) is 8.35. The lowest BCUT2D eigenvalue weighted by Gasteiger charge is -2.09. The molecule has 0 aliphatic carbocycles. The third-order valence-corrected chi connectivity index (χ3v) is 4.22. The first-order chi connectivity index (χ1) is 13.4. The van der Waals surface area contributed by atoms with E-state index in [0.717, 1.165) is 16.7 Å². The molecule has 0 bridgehead atoms. The number of nitrogens with one attached hydrogen (secondary N) is 1. The molecule has 2 amide bonds. The van der Waals surface area contributed by atoms with Gasteiger partial charge in [-0.25, -0.2) is 4.98 Å². The van der Waals surface area contributed by atoms with E-state index >= 15 is 0 Å². The fourth-order valence-electron chi connectivity index (χ4n) is 2.72. The van der Waals surface area contributed by atoms with E-state index in [1.165, 1.54) is 6.20 Å². The van der Waals surface area contributed by atoms with Crippen molar-refractivity contribution in [2.45, 2.75) is 20.3 Å². The van der Waals surface area contributed by atoms with Crippen molar-refractivity contribution in [2.75, 3.05) is 5.32 Å². The standard InChI is InChI=1S/C22H21N3O3/c1-14-6-7-15(2)17(10-14)12-20(26)25-18-8-9-21(24-13-18)28-19-5-3-4-16(11-19)22(23)27/h3-11,13H,12H2,1-2H3,(H2,23,27)(H,25,26). The van der Waals surface area contributed by atoms with Crippen molar-refractivity contribution in [3.63, 3.8) is 0 Å². The monoisotopic (exact) mass is 375 g/mol. The highest BCUT2D eigenvalue weighted by Gasteiger charge is 2.08. The normalized spacial score (nSPS) is 10.4. The smallest absolute Gasteiger partial charge is 0.248 e. The number of aryl methyl sites for hydroxylation is 2. The molecule has 0 unspecified atom stereocenters. The van der Waals surface area contributed by atoms with Gasteiger partial charge in [0.25, 0.3) is 0 Å². The Bertz CT molecular complexity index is 1010. The van der Waals surface area contributed by atoms with Crippen LogP contribution in [0.25, 0.3) is 0 Å². The minimum absolute atomic E-state index is 0.113. The molecule has 0 fully saturated rings. The number of nitrogens with two attached hydrogens (primary N) is 1. The van der Waals surface area contributed by atoms with Crippen LogP contribution in [-0.2, 0) is 11.2 Å². The zero-order valence-corrected chi connectivity index (χ0v) is 15.7. The van der Waals surface area contributed by atoms with E-state index in [1.807, 2.05) is 32.0 Å². The number of hydrogen-bond acceptors (Lipinski definition) is 4. The second-order valence-electron chi connectivity index (χ2n) is 6.53. The summed E-state index contributed by atoms with van der Waals surface area (Å²) in [7, 11) is 0. The van der Waals surface area contributed by atoms with Crippen molar-refractivity contribution in [2.24, 2.45) is 5.73 Å². The zero-order chi connectivity index (χ0) is 20.1. The van der Waals surface area contributed by atoms with Crippen molar-refractivity contribution in [1.29, 1.82) is 0 Å². The summed E-state index contributed by atoms with van der Waals surface area (Å²) in [6.07, 6.45) is 1.82. The fourth-order valence-corrected chi connectivity index (χ4v) is 2.72. The Morgan fingerprint density at radius 1 is 1.07 bits per heavy atom. The predicted octanol–water partition coefficient (Wildman–Crippen LogP) is 3.77. The number of hydrogen-bond donors (Lipinski definition) is 2. The first-order valence-electron chi connectivity index (χ1n) is 8.80. The summed E-state index contributed by atoms with van der Waals surface area (Å²) in [4.78, 5) is 27.7. The summed E-state index contributed by atoms with van der Waals surface area (Å²) in [6, 6.07) is 15.9. The van der Waals surface area contributed by atoms with E-state index in [9.17, 15) is 9.59 Å². The third kappa shape index (κ3) is 4.94. The number of primary amides is 1. The molecule has 142 valence electrons. The van der Waals surface area contributed by atoms with Crippen molar-refractivity contribution in [3.05, 3.63) is 83.0 Å². The predicted molar refractivity (Wildman–Crippen MR) is 108 cm³/mol. The molecule has 0 saturated heterocycles. The summed E-state index contributed by atoms with van der Waals surface area (Å²) >= 11 is 0. The number of anilines is 1. The lowest BCUT2D eigenvalue weighted by molar-refractivity contribution is -0.115. The lowest BCUT2D eigenvalue weighted by Crippen LogP contribution is -2.15. The molecule has 0 spiro atoms. The maximum absolute atomic E-state index is 12.3. The Labute approximate surface area is 163 Å². The van der Waals surface area contributed by atoms with Crippen molar-refractivity contribution >= 4 is 17.5 Å². The summed E-state index contributed by atoms with van der Waals surface area (Å²) in [5, 5.41) is 2.83. The molecule has 3 rings (SSSR count). The number of pyridine rings is 1. The molecular formula is C22H21N3O3. The van der Waals surface area contributed by atoms with Gasteiger partial charge in [0.05, 0.1) is 18.3 Å². The van der Waals surface area contributed by atoms with Gasteiger partial charge in [0.15, 0.2) is 0 Å². The summed E-state index contributed by atoms with van der Waals surface area (Å²) in [5.74, 6) is 0.156. The van der Waals surface area contributed by atoms with E-state index in [0.29, 0.717) is 29.3 Å². The molecule has 6 heteroatoms. The number of carbonyl (C=O) groups is 2. The SMILES string of the molecule is Cc1ccc(C)c(CC(=O)Nc2ccc(Oc3cccc(C(N)=O)c3)nc2)c1. The van der Waals surface area contributed by atoms with Crippen LogP contribution >= 0.6 is 0 Å². The first-order valence-corrected chi connectivity index (χ1v) is 8.80. The zero-order valence-electron chi connectivity index (χ0n) is 15.7. The molecule has 6 nitrogen and oxygen atoms in total. The number of benzene rings is 2. The minimum atomic E-state index is -0.527. The van der Waals surface area contributed by atoms with Gasteiger partial charge in [-0.05, 0) is 49.2 Å². The molecule has 0 atom stereocenters. The average molecular weight is 375 g/mol. The number of amides is 2. The van der Waals surface area contributed by atoms with Gasteiger partial charge in [-0.15, -0.1) is 0 Å². The van der Waals surface area contributed by atoms with Crippen LogP contribution in [0.5, 0.6) is 11.6 Å². The maximum atomic E-state index is 12.3. The largest absolute Gasteiger partial charge is 0.439 e. The van der Waals surface area contributed by atoms with Crippen LogP contribution < -0.4 is 15.8 Å². The van der Waals surface area contributed by atoms with Crippen LogP contribution in [0.3, 0.4) is 0 Å². The van der Waals surface area contributed by atoms with Gasteiger partial charge in [-0.2, -0.15) is 0 Å². The third-order valence-electron chi connectivity index (χ3n) is 4.22. The molecule has 0 aliphatic heterocycles. The van der Waals surface area contributed by atoms with Gasteiger partial charge in [0.1, 0.15) is 5.75 Å². The van der Waals surface area contributed by atoms with Crippen LogP contribution in [-0.4, -0.2) is 16.8 Å². The van der Waals surface area contributed by atoms with Crippen molar-refractivity contribution < 1.29 is 14.3 Å². The molecule has 3 aromatic rings. The summed E-state index contributed by atoms with van der Waals surface area (Å²) in [5.41, 5.74) is 9.40. The van der Waals surface area contributed by atoms with Gasteiger partial charge >= 0.3 is 0 Å². The highest BCUT2D eigenvalue weighted by molar-refractivity contribution is 5.93. The van der Waals surface area contributed by atoms with Crippen LogP contribution in [0.2, 0.25) is 0 Å². The van der Waals surface area contributed by atoms with Crippen LogP contribution in [0.15, 0.2) is 60.8 Å². The quantitative estimate of drug-likeness (QED) is 0.686. The molecule has 1 heterocycles. The number of ether oxygens (including phenoxy) is 1. The topological polar surface area (TPSA) is 94.3 Å². The molecule has 2 aromatic carbocycles. The van der Waals surface area contributed by atoms with E-state index in [-0.39, 0.29) is 5.91 Å². The highest BCUT2D eigenvalue weighted by atomic mass is 16.5. The molecule has 1 aromatic heterocycles. The van der Waals surface area contributed by atoms with Gasteiger partial charge < -0.3 is 15.8 Å². The maximum Gasteiger partial charge on any atom is 0.248 e. The van der Waals surface area contributed by atoms with Gasteiger partial charge in [-0.1, -0.05) is 29.8 Å². The van der Waals surface area contributed by atoms with Crippen LogP contribution in [0.1, 0.15) is 27.0 Å². The molecule has 0 aliphatic rings. The number of rotatable bonds is 6. The Morgan fingerprint density at radius 2 is 1.89 bits per heavy atom. The number of aromatic nitrogens is 1. The Morgan fingerprint density at radius 3 is 2.61 bits per heavy atom. The summed E-state index contributed by atoms with van der Waals surface area (Å²) in [6.45, 7) is 3.99. The summed E-state index contributed by atoms with van der Waals surface area (Å²) < 4.78 is 5.62. The van der Waals surface area contributed by atoms with E-state index in [1.54, 1.807) is 36.4 Å². The minimum Gasteiger partial charge on any atom is -0.439 e. The Balaban J connectivity index is 1.62. The second-order valence-corrected chi connectivity index (χ2v) is 6.53.